The summed E-state index contributed by atoms with van der Waals surface area (Å²) in [4.78, 5) is 19.2. The highest BCUT2D eigenvalue weighted by atomic mass is 32.1. The van der Waals surface area contributed by atoms with Crippen molar-refractivity contribution in [1.29, 1.82) is 0 Å². The summed E-state index contributed by atoms with van der Waals surface area (Å²) in [6, 6.07) is 14.6. The van der Waals surface area contributed by atoms with Crippen LogP contribution in [-0.4, -0.2) is 48.7 Å². The van der Waals surface area contributed by atoms with Crippen LogP contribution in [0, 0.1) is 0 Å². The smallest absolute Gasteiger partial charge is 0.258 e. The highest BCUT2D eigenvalue weighted by molar-refractivity contribution is 7.17. The van der Waals surface area contributed by atoms with E-state index in [1.54, 1.807) is 17.5 Å². The molecule has 0 saturated carbocycles. The highest BCUT2D eigenvalue weighted by Gasteiger charge is 2.17. The van der Waals surface area contributed by atoms with Gasteiger partial charge in [-0.15, -0.1) is 22.7 Å². The van der Waals surface area contributed by atoms with Crippen LogP contribution in [0.25, 0.3) is 21.2 Å². The minimum absolute atomic E-state index is 0.0352. The van der Waals surface area contributed by atoms with Crippen molar-refractivity contribution >= 4 is 38.7 Å². The van der Waals surface area contributed by atoms with Gasteiger partial charge in [-0.25, -0.2) is 4.98 Å². The summed E-state index contributed by atoms with van der Waals surface area (Å²) in [7, 11) is 0. The van der Waals surface area contributed by atoms with Gasteiger partial charge in [0, 0.05) is 52.4 Å². The van der Waals surface area contributed by atoms with E-state index >= 15 is 0 Å². The Kier molecular flexibility index (Phi) is 7.20. The number of rotatable bonds is 8. The van der Waals surface area contributed by atoms with E-state index in [1.807, 2.05) is 18.4 Å². The molecule has 1 atom stereocenters. The number of carbonyl (C=O) groups is 1. The van der Waals surface area contributed by atoms with Crippen molar-refractivity contribution in [2.24, 2.45) is 0 Å². The first kappa shape index (κ1) is 23.0. The predicted octanol–water partition coefficient (Wildman–Crippen LogP) is 5.11. The number of ether oxygens (including phenoxy) is 2. The van der Waals surface area contributed by atoms with Crippen LogP contribution >= 0.6 is 22.7 Å². The molecular formula is C26H27N3O3S2. The van der Waals surface area contributed by atoms with Gasteiger partial charge in [-0.2, -0.15) is 0 Å². The van der Waals surface area contributed by atoms with E-state index in [0.717, 1.165) is 54.7 Å². The molecule has 0 radical (unpaired) electrons. The van der Waals surface area contributed by atoms with E-state index in [9.17, 15) is 4.79 Å². The van der Waals surface area contributed by atoms with Gasteiger partial charge in [-0.3, -0.25) is 9.69 Å². The SMILES string of the molecule is CC(NC(=O)COc1ccc(-c2csc3ccccc23)cc1CN1CCOCC1)c1nccs1. The van der Waals surface area contributed by atoms with Crippen molar-refractivity contribution in [3.63, 3.8) is 0 Å². The quantitative estimate of drug-likeness (QED) is 0.369. The molecule has 1 aliphatic rings. The van der Waals surface area contributed by atoms with Crippen molar-refractivity contribution < 1.29 is 14.3 Å². The molecule has 34 heavy (non-hydrogen) atoms. The first-order valence-corrected chi connectivity index (χ1v) is 13.1. The fourth-order valence-electron chi connectivity index (χ4n) is 4.15. The molecule has 8 heteroatoms. The van der Waals surface area contributed by atoms with Crippen LogP contribution in [0.15, 0.2) is 59.4 Å². The zero-order valence-electron chi connectivity index (χ0n) is 19.0. The van der Waals surface area contributed by atoms with E-state index in [1.165, 1.54) is 27.0 Å². The number of nitrogens with zero attached hydrogens (tertiary/aromatic N) is 2. The molecule has 2 aromatic carbocycles. The largest absolute Gasteiger partial charge is 0.483 e. The van der Waals surface area contributed by atoms with Crippen LogP contribution in [0.5, 0.6) is 5.75 Å². The highest BCUT2D eigenvalue weighted by Crippen LogP contribution is 2.36. The van der Waals surface area contributed by atoms with Gasteiger partial charge in [0.15, 0.2) is 6.61 Å². The molecule has 0 spiro atoms. The van der Waals surface area contributed by atoms with Gasteiger partial charge < -0.3 is 14.8 Å². The van der Waals surface area contributed by atoms with Crippen molar-refractivity contribution in [2.45, 2.75) is 19.5 Å². The van der Waals surface area contributed by atoms with E-state index in [4.69, 9.17) is 9.47 Å². The lowest BCUT2D eigenvalue weighted by Crippen LogP contribution is -2.36. The Morgan fingerprint density at radius 3 is 2.88 bits per heavy atom. The molecule has 4 aromatic rings. The second kappa shape index (κ2) is 10.7. The topological polar surface area (TPSA) is 63.7 Å². The maximum atomic E-state index is 12.5. The summed E-state index contributed by atoms with van der Waals surface area (Å²) < 4.78 is 12.8. The van der Waals surface area contributed by atoms with Gasteiger partial charge in [0.05, 0.1) is 19.3 Å². The number of thiophene rings is 1. The van der Waals surface area contributed by atoms with Crippen LogP contribution in [-0.2, 0) is 16.1 Å². The molecule has 1 aliphatic heterocycles. The van der Waals surface area contributed by atoms with Crippen LogP contribution < -0.4 is 10.1 Å². The Labute approximate surface area is 207 Å². The minimum atomic E-state index is -0.159. The average Bonchev–Trinajstić information content (AvgIpc) is 3.54. The van der Waals surface area contributed by atoms with Crippen molar-refractivity contribution in [3.05, 3.63) is 70.0 Å². The Morgan fingerprint density at radius 2 is 2.06 bits per heavy atom. The summed E-state index contributed by atoms with van der Waals surface area (Å²) in [5, 5.41) is 9.23. The molecule has 2 aromatic heterocycles. The number of benzene rings is 2. The number of hydrogen-bond donors (Lipinski definition) is 1. The molecule has 5 rings (SSSR count). The summed E-state index contributed by atoms with van der Waals surface area (Å²) in [6.07, 6.45) is 1.75. The van der Waals surface area contributed by atoms with Crippen LogP contribution in [0.3, 0.4) is 0 Å². The second-order valence-corrected chi connectivity index (χ2v) is 10.1. The van der Waals surface area contributed by atoms with Gasteiger partial charge in [0.25, 0.3) is 5.91 Å². The lowest BCUT2D eigenvalue weighted by molar-refractivity contribution is -0.123. The Hall–Kier alpha value is -2.78. The zero-order valence-corrected chi connectivity index (χ0v) is 20.7. The third-order valence-electron chi connectivity index (χ3n) is 5.91. The molecule has 176 valence electrons. The average molecular weight is 494 g/mol. The first-order valence-electron chi connectivity index (χ1n) is 11.4. The standard InChI is InChI=1S/C26H27N3O3S2/c1-18(26-27-8-13-33-26)28-25(30)16-32-23-7-6-19(14-20(23)15-29-9-11-31-12-10-29)22-17-34-24-5-3-2-4-21(22)24/h2-8,13-14,17-18H,9-12,15-16H2,1H3,(H,28,30). The van der Waals surface area contributed by atoms with E-state index in [-0.39, 0.29) is 18.6 Å². The molecular weight excluding hydrogens is 466 g/mol. The molecule has 3 heterocycles. The number of carbonyl (C=O) groups excluding carboxylic acids is 1. The van der Waals surface area contributed by atoms with Crippen LogP contribution in [0.2, 0.25) is 0 Å². The maximum Gasteiger partial charge on any atom is 0.258 e. The summed E-state index contributed by atoms with van der Waals surface area (Å²) >= 11 is 3.29. The third kappa shape index (κ3) is 5.31. The molecule has 0 bridgehead atoms. The predicted molar refractivity (Wildman–Crippen MR) is 138 cm³/mol. The van der Waals surface area contributed by atoms with Crippen molar-refractivity contribution in [3.8, 4) is 16.9 Å². The molecule has 1 saturated heterocycles. The normalized spacial score (nSPS) is 15.3. The lowest BCUT2D eigenvalue weighted by Gasteiger charge is -2.27. The minimum Gasteiger partial charge on any atom is -0.483 e. The van der Waals surface area contributed by atoms with Gasteiger partial charge >= 0.3 is 0 Å². The number of amides is 1. The number of hydrogen-bond acceptors (Lipinski definition) is 7. The Bertz CT molecular complexity index is 1250. The summed E-state index contributed by atoms with van der Waals surface area (Å²) in [6.45, 7) is 5.90. The molecule has 1 fully saturated rings. The van der Waals surface area contributed by atoms with Gasteiger partial charge in [0.2, 0.25) is 0 Å². The third-order valence-corrected chi connectivity index (χ3v) is 7.83. The molecule has 1 unspecified atom stereocenters. The lowest BCUT2D eigenvalue weighted by atomic mass is 10.0. The Morgan fingerprint density at radius 1 is 1.21 bits per heavy atom. The van der Waals surface area contributed by atoms with Crippen molar-refractivity contribution in [2.75, 3.05) is 32.9 Å². The van der Waals surface area contributed by atoms with E-state index in [0.29, 0.717) is 0 Å². The summed E-state index contributed by atoms with van der Waals surface area (Å²) in [5.41, 5.74) is 3.47. The van der Waals surface area contributed by atoms with Crippen LogP contribution in [0.4, 0.5) is 0 Å². The van der Waals surface area contributed by atoms with Crippen LogP contribution in [0.1, 0.15) is 23.5 Å². The van der Waals surface area contributed by atoms with E-state index < -0.39 is 0 Å². The second-order valence-electron chi connectivity index (χ2n) is 8.30. The number of aromatic nitrogens is 1. The molecule has 1 N–H and O–H groups in total. The maximum absolute atomic E-state index is 12.5. The number of thiazole rings is 1. The zero-order chi connectivity index (χ0) is 23.3. The molecule has 1 amide bonds. The number of nitrogens with one attached hydrogen (secondary N) is 1. The first-order chi connectivity index (χ1) is 16.7. The Balaban J connectivity index is 1.35. The number of fused-ring (bicyclic) bond motifs is 1. The van der Waals surface area contributed by atoms with Gasteiger partial charge in [-0.1, -0.05) is 24.3 Å². The van der Waals surface area contributed by atoms with Gasteiger partial charge in [0.1, 0.15) is 10.8 Å². The monoisotopic (exact) mass is 493 g/mol. The fraction of sp³-hybridized carbons (Fsp3) is 0.308. The molecule has 6 nitrogen and oxygen atoms in total. The van der Waals surface area contributed by atoms with Crippen molar-refractivity contribution in [1.82, 2.24) is 15.2 Å². The van der Waals surface area contributed by atoms with E-state index in [2.05, 4.69) is 57.0 Å². The summed E-state index contributed by atoms with van der Waals surface area (Å²) in [5.74, 6) is 0.583. The molecule has 0 aliphatic carbocycles. The number of morpholine rings is 1. The van der Waals surface area contributed by atoms with Gasteiger partial charge in [-0.05, 0) is 36.1 Å². The fourth-order valence-corrected chi connectivity index (χ4v) is 5.77.